The highest BCUT2D eigenvalue weighted by atomic mass is 16.6. The Bertz CT molecular complexity index is 1100. The Kier molecular flexibility index (Phi) is 43.0. The molecule has 0 fully saturated rings. The van der Waals surface area contributed by atoms with Crippen molar-refractivity contribution in [1.82, 2.24) is 0 Å². The zero-order chi connectivity index (χ0) is 41.5. The molecule has 326 valence electrons. The van der Waals surface area contributed by atoms with Gasteiger partial charge in [0.15, 0.2) is 6.10 Å². The largest absolute Gasteiger partial charge is 0.462 e. The Balaban J connectivity index is 4.41. The quantitative estimate of drug-likeness (QED) is 0.0202. The van der Waals surface area contributed by atoms with E-state index in [1.54, 1.807) is 0 Å². The first kappa shape index (κ1) is 53.9. The van der Waals surface area contributed by atoms with Crippen LogP contribution < -0.4 is 0 Å². The van der Waals surface area contributed by atoms with Crippen molar-refractivity contribution in [2.75, 3.05) is 13.2 Å². The summed E-state index contributed by atoms with van der Waals surface area (Å²) >= 11 is 0. The molecule has 0 N–H and O–H groups in total. The summed E-state index contributed by atoms with van der Waals surface area (Å²) < 4.78 is 16.6. The summed E-state index contributed by atoms with van der Waals surface area (Å²) in [5.74, 6) is -0.971. The number of carbonyl (C=O) groups is 3. The van der Waals surface area contributed by atoms with Gasteiger partial charge in [0.05, 0.1) is 0 Å². The third-order valence-electron chi connectivity index (χ3n) is 9.73. The lowest BCUT2D eigenvalue weighted by atomic mass is 10.1. The molecule has 0 radical (unpaired) electrons. The summed E-state index contributed by atoms with van der Waals surface area (Å²) in [5.41, 5.74) is 0. The molecule has 0 saturated heterocycles. The van der Waals surface area contributed by atoms with Crippen LogP contribution in [0.2, 0.25) is 0 Å². The van der Waals surface area contributed by atoms with E-state index in [1.807, 2.05) is 0 Å². The zero-order valence-corrected chi connectivity index (χ0v) is 37.1. The van der Waals surface area contributed by atoms with E-state index in [9.17, 15) is 14.4 Å². The number of allylic oxidation sites excluding steroid dienone is 12. The fourth-order valence-electron chi connectivity index (χ4n) is 6.18. The van der Waals surface area contributed by atoms with Crippen molar-refractivity contribution in [2.45, 2.75) is 219 Å². The first-order valence-corrected chi connectivity index (χ1v) is 23.5. The minimum atomic E-state index is -0.798. The Hall–Kier alpha value is -3.15. The van der Waals surface area contributed by atoms with Gasteiger partial charge in [0, 0.05) is 19.3 Å². The lowest BCUT2D eigenvalue weighted by Crippen LogP contribution is -2.30. The van der Waals surface area contributed by atoms with Gasteiger partial charge in [-0.25, -0.2) is 0 Å². The average molecular weight is 795 g/mol. The fraction of sp³-hybridized carbons (Fsp3) is 0.706. The van der Waals surface area contributed by atoms with Gasteiger partial charge in [-0.05, 0) is 96.3 Å². The highest BCUT2D eigenvalue weighted by Crippen LogP contribution is 2.12. The maximum absolute atomic E-state index is 12.7. The highest BCUT2D eigenvalue weighted by molar-refractivity contribution is 5.71. The molecule has 0 aromatic heterocycles. The van der Waals surface area contributed by atoms with E-state index in [0.717, 1.165) is 109 Å². The van der Waals surface area contributed by atoms with Gasteiger partial charge in [0.25, 0.3) is 0 Å². The Morgan fingerprint density at radius 3 is 1.28 bits per heavy atom. The van der Waals surface area contributed by atoms with Crippen molar-refractivity contribution in [2.24, 2.45) is 0 Å². The van der Waals surface area contributed by atoms with E-state index >= 15 is 0 Å². The maximum atomic E-state index is 12.7. The van der Waals surface area contributed by atoms with Crippen LogP contribution in [0.15, 0.2) is 72.9 Å². The van der Waals surface area contributed by atoms with Crippen molar-refractivity contribution < 1.29 is 28.6 Å². The molecular weight excluding hydrogens is 709 g/mol. The molecule has 0 saturated carbocycles. The van der Waals surface area contributed by atoms with Gasteiger partial charge in [0.2, 0.25) is 0 Å². The van der Waals surface area contributed by atoms with Crippen molar-refractivity contribution in [1.29, 1.82) is 0 Å². The molecule has 0 aromatic carbocycles. The molecule has 57 heavy (non-hydrogen) atoms. The van der Waals surface area contributed by atoms with Crippen molar-refractivity contribution in [3.8, 4) is 0 Å². The average Bonchev–Trinajstić information content (AvgIpc) is 3.21. The summed E-state index contributed by atoms with van der Waals surface area (Å²) in [6.45, 7) is 6.40. The van der Waals surface area contributed by atoms with E-state index in [4.69, 9.17) is 14.2 Å². The summed E-state index contributed by atoms with van der Waals surface area (Å²) in [4.78, 5) is 37.7. The molecular formula is C51H86O6. The normalized spacial score (nSPS) is 12.7. The van der Waals surface area contributed by atoms with E-state index in [-0.39, 0.29) is 31.1 Å². The molecule has 0 amide bonds. The third kappa shape index (κ3) is 43.8. The summed E-state index contributed by atoms with van der Waals surface area (Å²) in [5, 5.41) is 0. The van der Waals surface area contributed by atoms with Crippen LogP contribution in [-0.4, -0.2) is 37.2 Å². The highest BCUT2D eigenvalue weighted by Gasteiger charge is 2.19. The molecule has 0 bridgehead atoms. The second kappa shape index (κ2) is 45.6. The van der Waals surface area contributed by atoms with Crippen LogP contribution in [0.25, 0.3) is 0 Å². The Morgan fingerprint density at radius 1 is 0.386 bits per heavy atom. The first-order chi connectivity index (χ1) is 28.0. The smallest absolute Gasteiger partial charge is 0.306 e. The maximum Gasteiger partial charge on any atom is 0.306 e. The van der Waals surface area contributed by atoms with Crippen LogP contribution in [0.4, 0.5) is 0 Å². The van der Waals surface area contributed by atoms with Crippen LogP contribution in [-0.2, 0) is 28.6 Å². The SMILES string of the molecule is CC/C=C\C/C=C\CCCCC(=O)OCC(COC(=O)CCCCCCC\C=C/C=C\C=C/CCCCCCC)OC(=O)CCCCCCC/C=C\CCCCC. The van der Waals surface area contributed by atoms with E-state index < -0.39 is 6.10 Å². The molecule has 0 spiro atoms. The number of esters is 3. The van der Waals surface area contributed by atoms with Gasteiger partial charge in [0.1, 0.15) is 13.2 Å². The summed E-state index contributed by atoms with van der Waals surface area (Å²) in [6, 6.07) is 0. The van der Waals surface area contributed by atoms with Gasteiger partial charge in [-0.15, -0.1) is 0 Å². The number of hydrogen-bond acceptors (Lipinski definition) is 6. The molecule has 1 unspecified atom stereocenters. The minimum absolute atomic E-state index is 0.100. The van der Waals surface area contributed by atoms with Crippen LogP contribution in [0, 0.1) is 0 Å². The van der Waals surface area contributed by atoms with E-state index in [2.05, 4.69) is 93.7 Å². The predicted molar refractivity (Wildman–Crippen MR) is 242 cm³/mol. The van der Waals surface area contributed by atoms with E-state index in [1.165, 1.54) is 64.2 Å². The third-order valence-corrected chi connectivity index (χ3v) is 9.73. The van der Waals surface area contributed by atoms with Gasteiger partial charge in [-0.1, -0.05) is 171 Å². The fourth-order valence-corrected chi connectivity index (χ4v) is 6.18. The number of ether oxygens (including phenoxy) is 3. The van der Waals surface area contributed by atoms with Crippen molar-refractivity contribution >= 4 is 17.9 Å². The number of unbranched alkanes of at least 4 members (excludes halogenated alkanes) is 20. The molecule has 0 aliphatic heterocycles. The topological polar surface area (TPSA) is 78.9 Å². The molecule has 0 aliphatic rings. The van der Waals surface area contributed by atoms with Gasteiger partial charge in [-0.2, -0.15) is 0 Å². The second-order valence-corrected chi connectivity index (χ2v) is 15.3. The first-order valence-electron chi connectivity index (χ1n) is 23.5. The lowest BCUT2D eigenvalue weighted by Gasteiger charge is -2.18. The molecule has 1 atom stereocenters. The van der Waals surface area contributed by atoms with Crippen molar-refractivity contribution in [3.63, 3.8) is 0 Å². The zero-order valence-electron chi connectivity index (χ0n) is 37.1. The van der Waals surface area contributed by atoms with Crippen LogP contribution in [0.3, 0.4) is 0 Å². The Labute approximate surface area is 351 Å². The molecule has 0 aliphatic carbocycles. The number of hydrogen-bond donors (Lipinski definition) is 0. The molecule has 0 heterocycles. The second-order valence-electron chi connectivity index (χ2n) is 15.3. The molecule has 6 nitrogen and oxygen atoms in total. The summed E-state index contributed by atoms with van der Waals surface area (Å²) in [7, 11) is 0. The van der Waals surface area contributed by atoms with Crippen LogP contribution >= 0.6 is 0 Å². The van der Waals surface area contributed by atoms with Gasteiger partial charge >= 0.3 is 17.9 Å². The molecule has 6 heteroatoms. The lowest BCUT2D eigenvalue weighted by molar-refractivity contribution is -0.167. The standard InChI is InChI=1S/C51H86O6/c1-4-7-10-13-16-19-21-23-24-25-26-27-28-30-32-35-38-41-44-50(53)56-47-48(46-55-49(52)43-40-37-34-31-18-15-12-9-6-3)57-51(54)45-42-39-36-33-29-22-20-17-14-11-8-5-2/h9,12,17-18,20-21,23-27,31,48H,4-8,10-11,13-16,19,22,28-30,32-47H2,1-3H3/b12-9-,20-17-,23-21-,25-24-,27-26-,31-18-. The number of rotatable bonds is 41. The molecule has 0 aromatic rings. The van der Waals surface area contributed by atoms with E-state index in [0.29, 0.717) is 19.3 Å². The van der Waals surface area contributed by atoms with Crippen molar-refractivity contribution in [3.05, 3.63) is 72.9 Å². The van der Waals surface area contributed by atoms with Crippen LogP contribution in [0.1, 0.15) is 213 Å². The molecule has 0 rings (SSSR count). The minimum Gasteiger partial charge on any atom is -0.462 e. The number of carbonyl (C=O) groups excluding carboxylic acids is 3. The van der Waals surface area contributed by atoms with Gasteiger partial charge < -0.3 is 14.2 Å². The van der Waals surface area contributed by atoms with Crippen LogP contribution in [0.5, 0.6) is 0 Å². The predicted octanol–water partition coefficient (Wildman–Crippen LogP) is 15.1. The summed E-state index contributed by atoms with van der Waals surface area (Å²) in [6.07, 6.45) is 56.1. The Morgan fingerprint density at radius 2 is 0.754 bits per heavy atom. The van der Waals surface area contributed by atoms with Gasteiger partial charge in [-0.3, -0.25) is 14.4 Å². The monoisotopic (exact) mass is 795 g/mol.